The molecule has 1 aliphatic heterocycles. The molecular weight excluding hydrogens is 406 g/mol. The molecule has 1 fully saturated rings. The molecule has 0 unspecified atom stereocenters. The Hall–Kier alpha value is -2.44. The van der Waals surface area contributed by atoms with Crippen LogP contribution in [0.5, 0.6) is 5.75 Å². The van der Waals surface area contributed by atoms with Gasteiger partial charge in [-0.05, 0) is 87.0 Å². The van der Waals surface area contributed by atoms with Crippen molar-refractivity contribution in [2.45, 2.75) is 47.1 Å². The van der Waals surface area contributed by atoms with Gasteiger partial charge in [0, 0.05) is 6.54 Å². The molecule has 31 heavy (non-hydrogen) atoms. The summed E-state index contributed by atoms with van der Waals surface area (Å²) in [5, 5.41) is 3.51. The minimum atomic E-state index is -0.193. The van der Waals surface area contributed by atoms with Gasteiger partial charge in [-0.2, -0.15) is 0 Å². The molecular formula is C25H31N3O2S. The number of hydrogen-bond donors (Lipinski definition) is 1. The average Bonchev–Trinajstić information content (AvgIpc) is 3.14. The zero-order chi connectivity index (χ0) is 22.0. The third kappa shape index (κ3) is 5.25. The van der Waals surface area contributed by atoms with Crippen LogP contribution in [-0.4, -0.2) is 35.5 Å². The summed E-state index contributed by atoms with van der Waals surface area (Å²) in [5.41, 5.74) is 5.48. The van der Waals surface area contributed by atoms with Crippen LogP contribution in [0.1, 0.15) is 42.0 Å². The van der Waals surface area contributed by atoms with Gasteiger partial charge < -0.3 is 4.74 Å². The van der Waals surface area contributed by atoms with Gasteiger partial charge in [-0.3, -0.25) is 15.0 Å². The second-order valence-electron chi connectivity index (χ2n) is 8.77. The fourth-order valence-corrected chi connectivity index (χ4v) is 4.99. The van der Waals surface area contributed by atoms with Crippen LogP contribution in [0.25, 0.3) is 10.2 Å². The van der Waals surface area contributed by atoms with Crippen molar-refractivity contribution >= 4 is 32.6 Å². The van der Waals surface area contributed by atoms with Crippen LogP contribution in [0.3, 0.4) is 0 Å². The fraction of sp³-hybridized carbons (Fsp3) is 0.440. The molecule has 1 N–H and O–H groups in total. The van der Waals surface area contributed by atoms with E-state index >= 15 is 0 Å². The van der Waals surface area contributed by atoms with Gasteiger partial charge in [0.25, 0.3) is 5.91 Å². The molecule has 0 radical (unpaired) electrons. The summed E-state index contributed by atoms with van der Waals surface area (Å²) in [6.45, 7) is 11.7. The number of benzene rings is 2. The minimum absolute atomic E-state index is 0.0281. The number of anilines is 1. The molecule has 0 aliphatic carbocycles. The maximum Gasteiger partial charge on any atom is 0.264 e. The first-order chi connectivity index (χ1) is 14.9. The zero-order valence-electron chi connectivity index (χ0n) is 18.8. The van der Waals surface area contributed by atoms with E-state index in [1.54, 1.807) is 0 Å². The lowest BCUT2D eigenvalue weighted by atomic mass is 9.99. The summed E-state index contributed by atoms with van der Waals surface area (Å²) in [5.74, 6) is 1.44. The number of rotatable bonds is 6. The Morgan fingerprint density at radius 3 is 2.68 bits per heavy atom. The molecule has 6 heteroatoms. The van der Waals surface area contributed by atoms with Crippen molar-refractivity contribution in [1.82, 2.24) is 9.88 Å². The number of carbonyl (C=O) groups is 1. The smallest absolute Gasteiger partial charge is 0.264 e. The van der Waals surface area contributed by atoms with Crippen LogP contribution < -0.4 is 10.1 Å². The van der Waals surface area contributed by atoms with Crippen LogP contribution in [0, 0.1) is 26.7 Å². The molecule has 0 bridgehead atoms. The largest absolute Gasteiger partial charge is 0.483 e. The van der Waals surface area contributed by atoms with Crippen molar-refractivity contribution in [2.75, 3.05) is 25.0 Å². The highest BCUT2D eigenvalue weighted by Gasteiger charge is 2.16. The van der Waals surface area contributed by atoms with E-state index in [9.17, 15) is 4.79 Å². The Labute approximate surface area is 188 Å². The van der Waals surface area contributed by atoms with E-state index < -0.39 is 0 Å². The third-order valence-corrected chi connectivity index (χ3v) is 7.14. The van der Waals surface area contributed by atoms with Crippen LogP contribution in [0.4, 0.5) is 5.13 Å². The van der Waals surface area contributed by atoms with E-state index in [-0.39, 0.29) is 12.5 Å². The second-order valence-corrected chi connectivity index (χ2v) is 9.80. The van der Waals surface area contributed by atoms with Gasteiger partial charge in [0.2, 0.25) is 0 Å². The number of nitrogens with one attached hydrogen (secondary N) is 1. The van der Waals surface area contributed by atoms with Crippen LogP contribution in [0.2, 0.25) is 0 Å². The number of aromatic nitrogens is 1. The van der Waals surface area contributed by atoms with E-state index in [1.807, 2.05) is 26.8 Å². The topological polar surface area (TPSA) is 54.5 Å². The highest BCUT2D eigenvalue weighted by atomic mass is 32.1. The molecule has 164 valence electrons. The number of ether oxygens (including phenoxy) is 1. The lowest BCUT2D eigenvalue weighted by Gasteiger charge is -2.30. The van der Waals surface area contributed by atoms with Crippen LogP contribution in [-0.2, 0) is 11.3 Å². The zero-order valence-corrected chi connectivity index (χ0v) is 19.6. The number of fused-ring (bicyclic) bond motifs is 1. The van der Waals surface area contributed by atoms with Crippen molar-refractivity contribution < 1.29 is 9.53 Å². The number of piperidine rings is 1. The predicted octanol–water partition coefficient (Wildman–Crippen LogP) is 5.47. The number of amides is 1. The van der Waals surface area contributed by atoms with Crippen LogP contribution >= 0.6 is 11.3 Å². The lowest BCUT2D eigenvalue weighted by Crippen LogP contribution is -2.32. The summed E-state index contributed by atoms with van der Waals surface area (Å²) >= 11 is 1.52. The van der Waals surface area contributed by atoms with Gasteiger partial charge in [-0.15, -0.1) is 0 Å². The number of nitrogens with zero attached hydrogens (tertiary/aromatic N) is 2. The molecule has 1 aromatic heterocycles. The first-order valence-corrected chi connectivity index (χ1v) is 11.8. The normalized spacial score (nSPS) is 15.4. The molecule has 2 heterocycles. The van der Waals surface area contributed by atoms with Gasteiger partial charge in [-0.1, -0.05) is 36.5 Å². The molecule has 1 saturated heterocycles. The molecule has 1 aliphatic rings. The number of thiazole rings is 1. The second kappa shape index (κ2) is 9.37. The first-order valence-electron chi connectivity index (χ1n) is 11.0. The summed E-state index contributed by atoms with van der Waals surface area (Å²) < 4.78 is 6.93. The Morgan fingerprint density at radius 1 is 1.16 bits per heavy atom. The number of hydrogen-bond acceptors (Lipinski definition) is 5. The van der Waals surface area contributed by atoms with Gasteiger partial charge in [0.05, 0.1) is 10.2 Å². The van der Waals surface area contributed by atoms with E-state index in [0.29, 0.717) is 5.13 Å². The van der Waals surface area contributed by atoms with Gasteiger partial charge in [0.15, 0.2) is 11.7 Å². The number of likely N-dealkylation sites (tertiary alicyclic amines) is 1. The van der Waals surface area contributed by atoms with Crippen molar-refractivity contribution in [2.24, 2.45) is 5.92 Å². The van der Waals surface area contributed by atoms with E-state index in [1.165, 1.54) is 42.8 Å². The van der Waals surface area contributed by atoms with Gasteiger partial charge in [-0.25, -0.2) is 4.98 Å². The Kier molecular flexibility index (Phi) is 6.58. The average molecular weight is 438 g/mol. The highest BCUT2D eigenvalue weighted by Crippen LogP contribution is 2.29. The maximum atomic E-state index is 12.5. The quantitative estimate of drug-likeness (QED) is 0.555. The third-order valence-electron chi connectivity index (χ3n) is 6.20. The van der Waals surface area contributed by atoms with E-state index in [0.717, 1.165) is 45.1 Å². The Balaban J connectivity index is 1.37. The fourth-order valence-electron chi connectivity index (χ4n) is 4.04. The summed E-state index contributed by atoms with van der Waals surface area (Å²) in [6.07, 6.45) is 2.56. The van der Waals surface area contributed by atoms with Crippen molar-refractivity contribution in [1.29, 1.82) is 0 Å². The number of carbonyl (C=O) groups excluding carboxylic acids is 1. The molecule has 2 aromatic carbocycles. The molecule has 3 aromatic rings. The molecule has 0 atom stereocenters. The maximum absolute atomic E-state index is 12.5. The summed E-state index contributed by atoms with van der Waals surface area (Å²) in [6, 6.07) is 10.5. The van der Waals surface area contributed by atoms with Crippen LogP contribution in [0.15, 0.2) is 30.3 Å². The predicted molar refractivity (Wildman–Crippen MR) is 128 cm³/mol. The molecule has 1 amide bonds. The summed E-state index contributed by atoms with van der Waals surface area (Å²) in [7, 11) is 0. The molecule has 4 rings (SSSR count). The molecule has 0 spiro atoms. The SMILES string of the molecule is Cc1ccc(C)c(OCC(=O)Nc2nc3ccc(CN4CCC(C)CC4)cc3s2)c1C. The van der Waals surface area contributed by atoms with Gasteiger partial charge >= 0.3 is 0 Å². The van der Waals surface area contributed by atoms with Crippen molar-refractivity contribution in [3.8, 4) is 5.75 Å². The Morgan fingerprint density at radius 2 is 1.90 bits per heavy atom. The Bertz CT molecular complexity index is 1080. The lowest BCUT2D eigenvalue weighted by molar-refractivity contribution is -0.118. The van der Waals surface area contributed by atoms with Crippen molar-refractivity contribution in [3.05, 3.63) is 52.6 Å². The standard InChI is InChI=1S/C25H31N3O2S/c1-16-9-11-28(12-10-16)14-20-7-8-21-22(13-20)31-25(26-21)27-23(29)15-30-24-18(3)6-5-17(2)19(24)4/h5-8,13,16H,9-12,14-15H2,1-4H3,(H,26,27,29). The molecule has 5 nitrogen and oxygen atoms in total. The molecule has 0 saturated carbocycles. The minimum Gasteiger partial charge on any atom is -0.483 e. The van der Waals surface area contributed by atoms with Gasteiger partial charge in [0.1, 0.15) is 5.75 Å². The highest BCUT2D eigenvalue weighted by molar-refractivity contribution is 7.22. The van der Waals surface area contributed by atoms with E-state index in [2.05, 4.69) is 46.4 Å². The monoisotopic (exact) mass is 437 g/mol. The summed E-state index contributed by atoms with van der Waals surface area (Å²) in [4.78, 5) is 19.5. The first kappa shape index (κ1) is 21.8. The van der Waals surface area contributed by atoms with E-state index in [4.69, 9.17) is 4.74 Å². The number of aryl methyl sites for hydroxylation is 2. The van der Waals surface area contributed by atoms with Crippen molar-refractivity contribution in [3.63, 3.8) is 0 Å².